The van der Waals surface area contributed by atoms with E-state index in [-0.39, 0.29) is 30.9 Å². The van der Waals surface area contributed by atoms with Crippen LogP contribution in [0.5, 0.6) is 5.75 Å². The van der Waals surface area contributed by atoms with Crippen molar-refractivity contribution in [1.82, 2.24) is 4.90 Å². The normalized spacial score (nSPS) is 17.6. The van der Waals surface area contributed by atoms with Crippen LogP contribution in [0.2, 0.25) is 0 Å². The molecule has 1 atom stereocenters. The third-order valence-electron chi connectivity index (χ3n) is 3.34. The Morgan fingerprint density at radius 2 is 2.26 bits per heavy atom. The van der Waals surface area contributed by atoms with Crippen LogP contribution in [-0.2, 0) is 9.53 Å². The number of carboxylic acids is 1. The fraction of sp³-hybridized carbons (Fsp3) is 0.429. The summed E-state index contributed by atoms with van der Waals surface area (Å²) in [7, 11) is 0. The van der Waals surface area contributed by atoms with Gasteiger partial charge in [0.1, 0.15) is 11.3 Å². The molecular formula is C14H16N2O7. The number of morpholine rings is 1. The smallest absolute Gasteiger partial charge is 0.334 e. The Morgan fingerprint density at radius 3 is 2.87 bits per heavy atom. The van der Waals surface area contributed by atoms with Gasteiger partial charge in [0, 0.05) is 12.6 Å². The first-order chi connectivity index (χ1) is 10.9. The van der Waals surface area contributed by atoms with Crippen LogP contribution in [0.15, 0.2) is 18.2 Å². The first kappa shape index (κ1) is 16.7. The van der Waals surface area contributed by atoms with Crippen LogP contribution in [0.25, 0.3) is 0 Å². The molecular weight excluding hydrogens is 308 g/mol. The molecule has 23 heavy (non-hydrogen) atoms. The molecule has 1 aromatic carbocycles. The Hall–Kier alpha value is -2.68. The second kappa shape index (κ2) is 7.05. The number of nitrogens with zero attached hydrogens (tertiary/aromatic N) is 2. The summed E-state index contributed by atoms with van der Waals surface area (Å²) >= 11 is 0. The molecule has 1 aromatic rings. The van der Waals surface area contributed by atoms with E-state index in [9.17, 15) is 19.7 Å². The van der Waals surface area contributed by atoms with E-state index in [1.165, 1.54) is 23.1 Å². The van der Waals surface area contributed by atoms with Crippen LogP contribution in [-0.4, -0.2) is 59.2 Å². The van der Waals surface area contributed by atoms with E-state index in [1.54, 1.807) is 6.92 Å². The number of hydrogen-bond donors (Lipinski definition) is 1. The summed E-state index contributed by atoms with van der Waals surface area (Å²) in [6.07, 6.45) is -1.14. The van der Waals surface area contributed by atoms with Crippen molar-refractivity contribution in [2.24, 2.45) is 0 Å². The van der Waals surface area contributed by atoms with E-state index in [1.807, 2.05) is 0 Å². The molecule has 124 valence electrons. The van der Waals surface area contributed by atoms with Gasteiger partial charge in [0.05, 0.1) is 24.7 Å². The highest BCUT2D eigenvalue weighted by molar-refractivity contribution is 5.99. The van der Waals surface area contributed by atoms with Gasteiger partial charge in [-0.3, -0.25) is 14.9 Å². The maximum Gasteiger partial charge on any atom is 0.334 e. The molecule has 1 saturated heterocycles. The van der Waals surface area contributed by atoms with E-state index in [0.717, 1.165) is 0 Å². The minimum atomic E-state index is -1.18. The number of carbonyl (C=O) groups excluding carboxylic acids is 1. The van der Waals surface area contributed by atoms with Crippen LogP contribution in [0, 0.1) is 10.1 Å². The Bertz CT molecular complexity index is 632. The van der Waals surface area contributed by atoms with Crippen LogP contribution in [0.1, 0.15) is 17.3 Å². The highest BCUT2D eigenvalue weighted by Gasteiger charge is 2.32. The van der Waals surface area contributed by atoms with Crippen LogP contribution in [0.4, 0.5) is 5.69 Å². The van der Waals surface area contributed by atoms with Crippen molar-refractivity contribution in [2.45, 2.75) is 13.0 Å². The lowest BCUT2D eigenvalue weighted by Crippen LogP contribution is -2.48. The fourth-order valence-electron chi connectivity index (χ4n) is 2.26. The average Bonchev–Trinajstić information content (AvgIpc) is 2.54. The third kappa shape index (κ3) is 3.75. The molecule has 1 unspecified atom stereocenters. The van der Waals surface area contributed by atoms with Gasteiger partial charge in [0.15, 0.2) is 6.10 Å². The molecule has 1 N–H and O–H groups in total. The molecule has 1 amide bonds. The Morgan fingerprint density at radius 1 is 1.52 bits per heavy atom. The summed E-state index contributed by atoms with van der Waals surface area (Å²) in [5.74, 6) is -1.46. The molecule has 0 bridgehead atoms. The van der Waals surface area contributed by atoms with Crippen LogP contribution >= 0.6 is 0 Å². The largest absolute Gasteiger partial charge is 0.494 e. The lowest BCUT2D eigenvalue weighted by molar-refractivity contribution is -0.385. The van der Waals surface area contributed by atoms with Crippen molar-refractivity contribution >= 4 is 17.6 Å². The zero-order chi connectivity index (χ0) is 17.0. The molecule has 1 aliphatic rings. The summed E-state index contributed by atoms with van der Waals surface area (Å²) in [6.45, 7) is 2.16. The van der Waals surface area contributed by atoms with Crippen LogP contribution < -0.4 is 4.74 Å². The molecule has 9 heteroatoms. The molecule has 1 heterocycles. The summed E-state index contributed by atoms with van der Waals surface area (Å²) in [5, 5.41) is 20.1. The highest BCUT2D eigenvalue weighted by Crippen LogP contribution is 2.26. The van der Waals surface area contributed by atoms with Gasteiger partial charge < -0.3 is 19.5 Å². The van der Waals surface area contributed by atoms with Gasteiger partial charge in [-0.25, -0.2) is 4.79 Å². The summed E-state index contributed by atoms with van der Waals surface area (Å²) in [6, 6.07) is 3.92. The summed E-state index contributed by atoms with van der Waals surface area (Å²) < 4.78 is 10.3. The van der Waals surface area contributed by atoms with Gasteiger partial charge in [-0.1, -0.05) is 0 Å². The maximum absolute atomic E-state index is 12.6. The molecule has 2 rings (SSSR count). The van der Waals surface area contributed by atoms with Gasteiger partial charge in [-0.15, -0.1) is 0 Å². The summed E-state index contributed by atoms with van der Waals surface area (Å²) in [5.41, 5.74) is -0.483. The third-order valence-corrected chi connectivity index (χ3v) is 3.34. The van der Waals surface area contributed by atoms with Gasteiger partial charge in [-0.2, -0.15) is 0 Å². The number of aliphatic carboxylic acids is 1. The Kier molecular flexibility index (Phi) is 5.12. The summed E-state index contributed by atoms with van der Waals surface area (Å²) in [4.78, 5) is 35.3. The van der Waals surface area contributed by atoms with E-state index in [2.05, 4.69) is 0 Å². The van der Waals surface area contributed by atoms with Crippen molar-refractivity contribution < 1.29 is 29.1 Å². The van der Waals surface area contributed by atoms with E-state index >= 15 is 0 Å². The van der Waals surface area contributed by atoms with Gasteiger partial charge in [0.25, 0.3) is 11.6 Å². The number of carboxylic acid groups (broad SMARTS) is 1. The molecule has 1 fully saturated rings. The highest BCUT2D eigenvalue weighted by atomic mass is 16.6. The molecule has 0 saturated carbocycles. The SMILES string of the molecule is CCOc1ccc([N+](=O)[O-])c(C(=O)N2CCOC(C(=O)O)C2)c1. The first-order valence-corrected chi connectivity index (χ1v) is 6.99. The Balaban J connectivity index is 2.31. The number of nitro benzene ring substituents is 1. The predicted molar refractivity (Wildman–Crippen MR) is 77.5 cm³/mol. The minimum absolute atomic E-state index is 0.0572. The zero-order valence-corrected chi connectivity index (χ0v) is 12.4. The average molecular weight is 324 g/mol. The number of benzene rings is 1. The van der Waals surface area contributed by atoms with Crippen LogP contribution in [0.3, 0.4) is 0 Å². The maximum atomic E-state index is 12.6. The number of rotatable bonds is 5. The van der Waals surface area contributed by atoms with E-state index < -0.39 is 22.9 Å². The fourth-order valence-corrected chi connectivity index (χ4v) is 2.26. The quantitative estimate of drug-likeness (QED) is 0.631. The monoisotopic (exact) mass is 324 g/mol. The first-order valence-electron chi connectivity index (χ1n) is 6.99. The second-order valence-electron chi connectivity index (χ2n) is 4.82. The number of nitro groups is 1. The number of carbonyl (C=O) groups is 2. The molecule has 1 aliphatic heterocycles. The van der Waals surface area contributed by atoms with Crippen molar-refractivity contribution in [3.63, 3.8) is 0 Å². The van der Waals surface area contributed by atoms with Crippen molar-refractivity contribution in [3.8, 4) is 5.75 Å². The standard InChI is InChI=1S/C14H16N2O7/c1-2-22-9-3-4-11(16(20)21)10(7-9)13(17)15-5-6-23-12(8-15)14(18)19/h3-4,7,12H,2,5-6,8H2,1H3,(H,18,19). The van der Waals surface area contributed by atoms with E-state index in [0.29, 0.717) is 12.4 Å². The number of hydrogen-bond acceptors (Lipinski definition) is 6. The lowest BCUT2D eigenvalue weighted by Gasteiger charge is -2.30. The van der Waals surface area contributed by atoms with Crippen molar-refractivity contribution in [2.75, 3.05) is 26.3 Å². The predicted octanol–water partition coefficient (Wildman–Crippen LogP) is 0.919. The van der Waals surface area contributed by atoms with Gasteiger partial charge in [-0.05, 0) is 19.1 Å². The second-order valence-corrected chi connectivity index (χ2v) is 4.82. The van der Waals surface area contributed by atoms with Crippen molar-refractivity contribution in [1.29, 1.82) is 0 Å². The lowest BCUT2D eigenvalue weighted by atomic mass is 10.1. The molecule has 0 spiro atoms. The molecule has 0 radical (unpaired) electrons. The zero-order valence-electron chi connectivity index (χ0n) is 12.4. The molecule has 0 aliphatic carbocycles. The van der Waals surface area contributed by atoms with Gasteiger partial charge in [0.2, 0.25) is 0 Å². The molecule has 0 aromatic heterocycles. The minimum Gasteiger partial charge on any atom is -0.494 e. The number of amides is 1. The Labute approximate surface area is 131 Å². The molecule has 9 nitrogen and oxygen atoms in total. The van der Waals surface area contributed by atoms with Gasteiger partial charge >= 0.3 is 5.97 Å². The van der Waals surface area contributed by atoms with Crippen molar-refractivity contribution in [3.05, 3.63) is 33.9 Å². The van der Waals surface area contributed by atoms with E-state index in [4.69, 9.17) is 14.6 Å². The number of ether oxygens (including phenoxy) is 2. The topological polar surface area (TPSA) is 119 Å².